The van der Waals surface area contributed by atoms with Crippen molar-refractivity contribution in [1.29, 1.82) is 0 Å². The highest BCUT2D eigenvalue weighted by atomic mass is 16.5. The molecule has 6 nitrogen and oxygen atoms in total. The van der Waals surface area contributed by atoms with E-state index in [0.29, 0.717) is 12.0 Å². The maximum Gasteiger partial charge on any atom is 0.328 e. The van der Waals surface area contributed by atoms with Gasteiger partial charge in [0.1, 0.15) is 6.04 Å². The SMILES string of the molecule is COC(=O)[C@@H](Cc1c[nH]c2ccccc12)NC(=O)c1cnc2ccccc2c1. The molecule has 0 aliphatic carbocycles. The number of ether oxygens (including phenoxy) is 1. The van der Waals surface area contributed by atoms with Gasteiger partial charge < -0.3 is 15.0 Å². The standard InChI is InChI=1S/C22H19N3O3/c1-28-22(27)20(11-15-12-24-19-9-5-3-7-17(15)19)25-21(26)16-10-14-6-2-4-8-18(14)23-13-16/h2-10,12-13,20,24H,11H2,1H3,(H,25,26)/t20-/m1/s1. The van der Waals surface area contributed by atoms with Gasteiger partial charge in [0.2, 0.25) is 0 Å². The summed E-state index contributed by atoms with van der Waals surface area (Å²) in [5.74, 6) is -0.860. The third-order valence-electron chi connectivity index (χ3n) is 4.74. The summed E-state index contributed by atoms with van der Waals surface area (Å²) in [6, 6.07) is 16.3. The van der Waals surface area contributed by atoms with Crippen LogP contribution in [0.15, 0.2) is 67.0 Å². The molecule has 1 amide bonds. The van der Waals surface area contributed by atoms with Gasteiger partial charge in [0.25, 0.3) is 5.91 Å². The van der Waals surface area contributed by atoms with Gasteiger partial charge in [-0.3, -0.25) is 9.78 Å². The number of para-hydroxylation sites is 2. The first-order chi connectivity index (χ1) is 13.7. The van der Waals surface area contributed by atoms with Crippen molar-refractivity contribution in [2.45, 2.75) is 12.5 Å². The topological polar surface area (TPSA) is 84.1 Å². The molecule has 2 heterocycles. The molecule has 0 saturated heterocycles. The van der Waals surface area contributed by atoms with Gasteiger partial charge >= 0.3 is 5.97 Å². The highest BCUT2D eigenvalue weighted by molar-refractivity contribution is 5.99. The Morgan fingerprint density at radius 3 is 2.79 bits per heavy atom. The number of pyridine rings is 1. The minimum Gasteiger partial charge on any atom is -0.467 e. The Morgan fingerprint density at radius 2 is 1.93 bits per heavy atom. The maximum atomic E-state index is 12.7. The number of rotatable bonds is 5. The van der Waals surface area contributed by atoms with Gasteiger partial charge in [-0.05, 0) is 23.8 Å². The number of hydrogen-bond donors (Lipinski definition) is 2. The number of nitrogens with zero attached hydrogens (tertiary/aromatic N) is 1. The first-order valence-electron chi connectivity index (χ1n) is 8.94. The van der Waals surface area contributed by atoms with Crippen LogP contribution in [0, 0.1) is 0 Å². The van der Waals surface area contributed by atoms with E-state index in [9.17, 15) is 9.59 Å². The summed E-state index contributed by atoms with van der Waals surface area (Å²) in [5, 5.41) is 4.66. The molecule has 0 radical (unpaired) electrons. The molecular formula is C22H19N3O3. The fourth-order valence-corrected chi connectivity index (χ4v) is 3.29. The number of benzene rings is 2. The minimum atomic E-state index is -0.803. The van der Waals surface area contributed by atoms with Crippen molar-refractivity contribution >= 4 is 33.7 Å². The Labute approximate surface area is 161 Å². The lowest BCUT2D eigenvalue weighted by atomic mass is 10.0. The Balaban J connectivity index is 1.58. The third-order valence-corrected chi connectivity index (χ3v) is 4.74. The van der Waals surface area contributed by atoms with Crippen molar-refractivity contribution in [3.63, 3.8) is 0 Å². The number of hydrogen-bond acceptors (Lipinski definition) is 4. The molecule has 28 heavy (non-hydrogen) atoms. The molecule has 0 spiro atoms. The summed E-state index contributed by atoms with van der Waals surface area (Å²) >= 11 is 0. The van der Waals surface area contributed by atoms with E-state index in [0.717, 1.165) is 27.4 Å². The number of methoxy groups -OCH3 is 1. The van der Waals surface area contributed by atoms with E-state index in [1.165, 1.54) is 13.3 Å². The third kappa shape index (κ3) is 3.44. The molecule has 0 fully saturated rings. The van der Waals surface area contributed by atoms with Crippen LogP contribution in [0.5, 0.6) is 0 Å². The molecule has 0 aliphatic rings. The first kappa shape index (κ1) is 17.7. The largest absolute Gasteiger partial charge is 0.467 e. The molecule has 2 aromatic heterocycles. The summed E-state index contributed by atoms with van der Waals surface area (Å²) in [4.78, 5) is 32.5. The van der Waals surface area contributed by atoms with E-state index in [4.69, 9.17) is 4.74 Å². The Hall–Kier alpha value is -3.67. The molecule has 0 unspecified atom stereocenters. The van der Waals surface area contributed by atoms with Crippen molar-refractivity contribution in [1.82, 2.24) is 15.3 Å². The molecule has 2 N–H and O–H groups in total. The minimum absolute atomic E-state index is 0.323. The molecule has 2 aromatic carbocycles. The van der Waals surface area contributed by atoms with E-state index in [-0.39, 0.29) is 5.91 Å². The first-order valence-corrected chi connectivity index (χ1v) is 8.94. The van der Waals surface area contributed by atoms with Crippen LogP contribution >= 0.6 is 0 Å². The molecular weight excluding hydrogens is 354 g/mol. The highest BCUT2D eigenvalue weighted by Crippen LogP contribution is 2.20. The van der Waals surface area contributed by atoms with Crippen LogP contribution in [0.4, 0.5) is 0 Å². The number of amides is 1. The lowest BCUT2D eigenvalue weighted by Crippen LogP contribution is -2.43. The van der Waals surface area contributed by atoms with E-state index in [1.807, 2.05) is 54.7 Å². The predicted molar refractivity (Wildman–Crippen MR) is 107 cm³/mol. The van der Waals surface area contributed by atoms with Gasteiger partial charge in [0, 0.05) is 35.1 Å². The summed E-state index contributed by atoms with van der Waals surface area (Å²) in [6.45, 7) is 0. The predicted octanol–water partition coefficient (Wildman–Crippen LogP) is 3.23. The molecule has 4 rings (SSSR count). The van der Waals surface area contributed by atoms with Crippen LogP contribution in [-0.4, -0.2) is 35.0 Å². The van der Waals surface area contributed by atoms with E-state index in [2.05, 4.69) is 15.3 Å². The summed E-state index contributed by atoms with van der Waals surface area (Å²) < 4.78 is 4.90. The smallest absolute Gasteiger partial charge is 0.328 e. The number of aromatic nitrogens is 2. The van der Waals surface area contributed by atoms with E-state index >= 15 is 0 Å². The lowest BCUT2D eigenvalue weighted by Gasteiger charge is -2.16. The zero-order chi connectivity index (χ0) is 19.5. The number of fused-ring (bicyclic) bond motifs is 2. The van der Waals surface area contributed by atoms with Crippen molar-refractivity contribution < 1.29 is 14.3 Å². The molecule has 0 aliphatic heterocycles. The number of aromatic amines is 1. The zero-order valence-electron chi connectivity index (χ0n) is 15.3. The average molecular weight is 373 g/mol. The van der Waals surface area contributed by atoms with Crippen LogP contribution in [0.2, 0.25) is 0 Å². The Kier molecular flexibility index (Phi) is 4.76. The summed E-state index contributed by atoms with van der Waals surface area (Å²) in [6.07, 6.45) is 3.69. The van der Waals surface area contributed by atoms with Gasteiger partial charge in [-0.1, -0.05) is 36.4 Å². The lowest BCUT2D eigenvalue weighted by molar-refractivity contribution is -0.142. The zero-order valence-corrected chi connectivity index (χ0v) is 15.3. The molecule has 0 bridgehead atoms. The van der Waals surface area contributed by atoms with Crippen LogP contribution in [0.3, 0.4) is 0 Å². The van der Waals surface area contributed by atoms with Crippen molar-refractivity contribution in [2.24, 2.45) is 0 Å². The summed E-state index contributed by atoms with van der Waals surface area (Å²) in [7, 11) is 1.31. The Morgan fingerprint density at radius 1 is 1.14 bits per heavy atom. The quantitative estimate of drug-likeness (QED) is 0.526. The van der Waals surface area contributed by atoms with Gasteiger partial charge in [-0.15, -0.1) is 0 Å². The molecule has 140 valence electrons. The summed E-state index contributed by atoms with van der Waals surface area (Å²) in [5.41, 5.74) is 3.11. The fourth-order valence-electron chi connectivity index (χ4n) is 3.29. The van der Waals surface area contributed by atoms with Crippen LogP contribution in [0.1, 0.15) is 15.9 Å². The highest BCUT2D eigenvalue weighted by Gasteiger charge is 2.24. The number of carbonyl (C=O) groups excluding carboxylic acids is 2. The molecule has 6 heteroatoms. The number of H-pyrrole nitrogens is 1. The van der Waals surface area contributed by atoms with Gasteiger partial charge in [0.05, 0.1) is 18.2 Å². The number of carbonyl (C=O) groups is 2. The van der Waals surface area contributed by atoms with Crippen LogP contribution in [-0.2, 0) is 16.0 Å². The van der Waals surface area contributed by atoms with Crippen molar-refractivity contribution in [3.05, 3.63) is 78.1 Å². The normalized spacial score (nSPS) is 12.0. The molecule has 4 aromatic rings. The van der Waals surface area contributed by atoms with Crippen LogP contribution in [0.25, 0.3) is 21.8 Å². The van der Waals surface area contributed by atoms with E-state index < -0.39 is 12.0 Å². The fraction of sp³-hybridized carbons (Fsp3) is 0.136. The van der Waals surface area contributed by atoms with Crippen molar-refractivity contribution in [3.8, 4) is 0 Å². The van der Waals surface area contributed by atoms with Gasteiger partial charge in [-0.2, -0.15) is 0 Å². The number of esters is 1. The van der Waals surface area contributed by atoms with Gasteiger partial charge in [0.15, 0.2) is 0 Å². The molecule has 0 saturated carbocycles. The van der Waals surface area contributed by atoms with E-state index in [1.54, 1.807) is 6.07 Å². The number of nitrogens with one attached hydrogen (secondary N) is 2. The van der Waals surface area contributed by atoms with Crippen LogP contribution < -0.4 is 5.32 Å². The Bertz CT molecular complexity index is 1170. The maximum absolute atomic E-state index is 12.7. The van der Waals surface area contributed by atoms with Crippen molar-refractivity contribution in [2.75, 3.05) is 7.11 Å². The average Bonchev–Trinajstić information content (AvgIpc) is 3.15. The second-order valence-corrected chi connectivity index (χ2v) is 6.53. The monoisotopic (exact) mass is 373 g/mol. The van der Waals surface area contributed by atoms with Gasteiger partial charge in [-0.25, -0.2) is 4.79 Å². The molecule has 1 atom stereocenters. The second kappa shape index (κ2) is 7.52. The second-order valence-electron chi connectivity index (χ2n) is 6.53.